The molecular weight excluding hydrogens is 428 g/mol. The molecule has 0 fully saturated rings. The molecule has 0 unspecified atom stereocenters. The average molecular weight is 448 g/mol. The Kier molecular flexibility index (Phi) is 5.10. The molecule has 5 rings (SSSR count). The summed E-state index contributed by atoms with van der Waals surface area (Å²) in [7, 11) is 3.49. The van der Waals surface area contributed by atoms with E-state index in [0.717, 1.165) is 28.8 Å². The first-order chi connectivity index (χ1) is 15.9. The number of ether oxygens (including phenoxy) is 1. The summed E-state index contributed by atoms with van der Waals surface area (Å²) in [6.45, 7) is 0.0131. The van der Waals surface area contributed by atoms with Crippen molar-refractivity contribution in [3.05, 3.63) is 88.7 Å². The number of halogens is 2. The molecule has 2 aromatic carbocycles. The maximum absolute atomic E-state index is 15.0. The van der Waals surface area contributed by atoms with Gasteiger partial charge in [-0.3, -0.25) is 4.79 Å². The van der Waals surface area contributed by atoms with Crippen LogP contribution in [0.1, 0.15) is 5.56 Å². The van der Waals surface area contributed by atoms with Crippen LogP contribution in [0.4, 0.5) is 8.78 Å². The lowest BCUT2D eigenvalue weighted by molar-refractivity contribution is -0.589. The van der Waals surface area contributed by atoms with Crippen LogP contribution in [0, 0.1) is 11.6 Å². The monoisotopic (exact) mass is 448 g/mol. The predicted molar refractivity (Wildman–Crippen MR) is 121 cm³/mol. The molecule has 0 radical (unpaired) electrons. The maximum atomic E-state index is 15.0. The van der Waals surface area contributed by atoms with Gasteiger partial charge in [0.05, 0.1) is 28.5 Å². The molecule has 7 nitrogen and oxygen atoms in total. The van der Waals surface area contributed by atoms with Gasteiger partial charge < -0.3 is 13.9 Å². The van der Waals surface area contributed by atoms with Gasteiger partial charge in [-0.25, -0.2) is 13.8 Å². The molecule has 0 amide bonds. The Labute approximate surface area is 187 Å². The third-order valence-corrected chi connectivity index (χ3v) is 5.59. The lowest BCUT2D eigenvalue weighted by Crippen LogP contribution is -2.69. The zero-order chi connectivity index (χ0) is 23.1. The van der Waals surface area contributed by atoms with Gasteiger partial charge in [0, 0.05) is 49.6 Å². The van der Waals surface area contributed by atoms with E-state index in [2.05, 4.69) is 10.1 Å². The van der Waals surface area contributed by atoms with Crippen molar-refractivity contribution < 1.29 is 18.9 Å². The zero-order valence-corrected chi connectivity index (χ0v) is 17.9. The van der Waals surface area contributed by atoms with Gasteiger partial charge in [-0.05, 0) is 12.1 Å². The molecule has 0 aliphatic carbocycles. The zero-order valence-electron chi connectivity index (χ0n) is 17.9. The Morgan fingerprint density at radius 1 is 1.06 bits per heavy atom. The van der Waals surface area contributed by atoms with Crippen LogP contribution in [0.5, 0.6) is 5.75 Å². The van der Waals surface area contributed by atoms with Crippen LogP contribution < -0.4 is 15.7 Å². The molecule has 0 saturated carbocycles. The van der Waals surface area contributed by atoms with Crippen molar-refractivity contribution in [1.82, 2.24) is 14.1 Å². The quantitative estimate of drug-likeness (QED) is 0.477. The molecular formula is C24H20F2N5O2+. The fourth-order valence-corrected chi connectivity index (χ4v) is 3.90. The number of imidazole rings is 1. The van der Waals surface area contributed by atoms with Crippen molar-refractivity contribution in [2.75, 3.05) is 6.61 Å². The molecule has 2 aromatic heterocycles. The van der Waals surface area contributed by atoms with Crippen molar-refractivity contribution >= 4 is 22.3 Å². The van der Waals surface area contributed by atoms with Crippen LogP contribution in [0.2, 0.25) is 0 Å². The number of rotatable bonds is 5. The first-order valence-corrected chi connectivity index (χ1v) is 10.2. The fourth-order valence-electron chi connectivity index (χ4n) is 3.90. The number of fused-ring (bicyclic) bond motifs is 1. The van der Waals surface area contributed by atoms with Gasteiger partial charge >= 0.3 is 0 Å². The lowest BCUT2D eigenvalue weighted by Gasteiger charge is -2.11. The minimum atomic E-state index is -0.739. The van der Waals surface area contributed by atoms with Gasteiger partial charge in [0.25, 0.3) is 0 Å². The Bertz CT molecular complexity index is 1490. The number of aryl methyl sites for hydroxylation is 2. The van der Waals surface area contributed by atoms with Crippen molar-refractivity contribution in [2.24, 2.45) is 19.2 Å². The van der Waals surface area contributed by atoms with Gasteiger partial charge in [-0.1, -0.05) is 17.2 Å². The minimum absolute atomic E-state index is 0.0131. The molecule has 4 aromatic rings. The molecule has 1 aliphatic heterocycles. The summed E-state index contributed by atoms with van der Waals surface area (Å²) in [5.41, 5.74) is 5.20. The number of hydrogen-bond acceptors (Lipinski definition) is 4. The first-order valence-electron chi connectivity index (χ1n) is 10.2. The summed E-state index contributed by atoms with van der Waals surface area (Å²) in [6, 6.07) is 10.7. The van der Waals surface area contributed by atoms with Crippen molar-refractivity contribution in [3.63, 3.8) is 0 Å². The van der Waals surface area contributed by atoms with Crippen LogP contribution in [-0.2, 0) is 14.1 Å². The number of quaternary nitrogens is 1. The van der Waals surface area contributed by atoms with Gasteiger partial charge in [0.1, 0.15) is 35.9 Å². The molecule has 1 aliphatic rings. The topological polar surface area (TPSA) is 78.0 Å². The largest absolute Gasteiger partial charge is 0.487 e. The molecule has 0 atom stereocenters. The Hall–Kier alpha value is -4.11. The molecule has 9 heteroatoms. The normalized spacial score (nSPS) is 13.3. The fraction of sp³-hybridized carbons (Fsp3) is 0.125. The summed E-state index contributed by atoms with van der Waals surface area (Å²) >= 11 is 0. The molecule has 166 valence electrons. The summed E-state index contributed by atoms with van der Waals surface area (Å²) in [6.07, 6.45) is 5.11. The molecule has 3 heterocycles. The third kappa shape index (κ3) is 3.72. The Morgan fingerprint density at radius 3 is 2.61 bits per heavy atom. The second-order valence-corrected chi connectivity index (χ2v) is 7.75. The molecule has 0 saturated heterocycles. The van der Waals surface area contributed by atoms with E-state index < -0.39 is 11.6 Å². The van der Waals surface area contributed by atoms with E-state index in [9.17, 15) is 4.79 Å². The van der Waals surface area contributed by atoms with Crippen LogP contribution in [0.25, 0.3) is 27.7 Å². The van der Waals surface area contributed by atoms with Crippen molar-refractivity contribution in [3.8, 4) is 16.9 Å². The summed E-state index contributed by atoms with van der Waals surface area (Å²) in [5.74, 6) is -1.43. The Morgan fingerprint density at radius 2 is 1.85 bits per heavy atom. The van der Waals surface area contributed by atoms with E-state index in [4.69, 9.17) is 4.74 Å². The molecule has 2 N–H and O–H groups in total. The van der Waals surface area contributed by atoms with Gasteiger partial charge in [0.2, 0.25) is 5.56 Å². The highest BCUT2D eigenvalue weighted by Gasteiger charge is 2.21. The number of nitrogens with two attached hydrogens (primary N) is 1. The van der Waals surface area contributed by atoms with E-state index in [1.807, 2.05) is 13.1 Å². The van der Waals surface area contributed by atoms with Crippen LogP contribution in [0.3, 0.4) is 0 Å². The summed E-state index contributed by atoms with van der Waals surface area (Å²) in [5, 5.41) is 4.30. The van der Waals surface area contributed by atoms with Crippen molar-refractivity contribution in [2.45, 2.75) is 0 Å². The van der Waals surface area contributed by atoms with E-state index >= 15 is 8.78 Å². The SMILES string of the molecule is Cn1cc(C2=C[NH2+]N=C2COc2cc(F)c(-c3cccc4c3ncn4C)c(F)c2)ccc1=O. The van der Waals surface area contributed by atoms with E-state index in [1.54, 1.807) is 54.0 Å². The second kappa shape index (κ2) is 8.10. The number of benzene rings is 2. The predicted octanol–water partition coefficient (Wildman–Crippen LogP) is 2.57. The maximum Gasteiger partial charge on any atom is 0.250 e. The number of hydrogen-bond donors (Lipinski definition) is 1. The van der Waals surface area contributed by atoms with Gasteiger partial charge in [-0.2, -0.15) is 5.43 Å². The number of aromatic nitrogens is 3. The van der Waals surface area contributed by atoms with E-state index in [1.165, 1.54) is 10.6 Å². The smallest absolute Gasteiger partial charge is 0.250 e. The number of pyridine rings is 1. The second-order valence-electron chi connectivity index (χ2n) is 7.75. The van der Waals surface area contributed by atoms with Crippen LogP contribution in [-0.4, -0.2) is 26.4 Å². The summed E-state index contributed by atoms with van der Waals surface area (Å²) in [4.78, 5) is 15.9. The lowest BCUT2D eigenvalue weighted by atomic mass is 10.0. The Balaban J connectivity index is 1.40. The number of nitrogens with zero attached hydrogens (tertiary/aromatic N) is 4. The average Bonchev–Trinajstić information content (AvgIpc) is 3.41. The minimum Gasteiger partial charge on any atom is -0.487 e. The molecule has 33 heavy (non-hydrogen) atoms. The highest BCUT2D eigenvalue weighted by molar-refractivity contribution is 6.24. The molecule has 0 bridgehead atoms. The van der Waals surface area contributed by atoms with Gasteiger partial charge in [0.15, 0.2) is 0 Å². The van der Waals surface area contributed by atoms with Crippen LogP contribution in [0.15, 0.2) is 71.1 Å². The highest BCUT2D eigenvalue weighted by atomic mass is 19.1. The first kappa shape index (κ1) is 20.8. The van der Waals surface area contributed by atoms with Crippen LogP contribution >= 0.6 is 0 Å². The van der Waals surface area contributed by atoms with Crippen molar-refractivity contribution in [1.29, 1.82) is 0 Å². The summed E-state index contributed by atoms with van der Waals surface area (Å²) < 4.78 is 39.0. The standard InChI is InChI=1S/C24H19F2N5O2/c1-30-11-14(6-7-22(30)32)17-10-28-29-20(17)12-33-15-8-18(25)23(19(26)9-15)16-4-3-5-21-24(16)27-13-31(21)2/h3-11,13H,12H2,1-2H3,(H,28,29)/p+1. The van der Waals surface area contributed by atoms with E-state index in [0.29, 0.717) is 16.8 Å². The molecule has 0 spiro atoms. The van der Waals surface area contributed by atoms with E-state index in [-0.39, 0.29) is 23.5 Å². The van der Waals surface area contributed by atoms with Gasteiger partial charge in [-0.15, -0.1) is 0 Å². The highest BCUT2D eigenvalue weighted by Crippen LogP contribution is 2.34. The third-order valence-electron chi connectivity index (χ3n) is 5.59. The number of para-hydroxylation sites is 1.